The standard InChI is InChI=1S/C18H23ClFN5O/c1-12(2)21-18(26)17-11-25(23-22-17)10-16-7-15(20)9-24(16)8-13-4-3-5-14(19)6-13/h3-6,11-12,15-16H,7-10H2,1-2H3,(H,21,26)/t15-,16-/m0/s1. The van der Waals surface area contributed by atoms with Crippen molar-refractivity contribution in [2.24, 2.45) is 0 Å². The Morgan fingerprint density at radius 3 is 3.00 bits per heavy atom. The van der Waals surface area contributed by atoms with Crippen LogP contribution in [0.3, 0.4) is 0 Å². The van der Waals surface area contributed by atoms with Crippen LogP contribution >= 0.6 is 11.6 Å². The van der Waals surface area contributed by atoms with Gasteiger partial charge in [-0.1, -0.05) is 28.9 Å². The third-order valence-corrected chi connectivity index (χ3v) is 4.58. The number of benzene rings is 1. The van der Waals surface area contributed by atoms with E-state index in [1.807, 2.05) is 38.1 Å². The molecule has 26 heavy (non-hydrogen) atoms. The second-order valence-corrected chi connectivity index (χ2v) is 7.44. The highest BCUT2D eigenvalue weighted by molar-refractivity contribution is 6.30. The highest BCUT2D eigenvalue weighted by atomic mass is 35.5. The molecule has 1 aromatic heterocycles. The number of nitrogens with one attached hydrogen (secondary N) is 1. The van der Waals surface area contributed by atoms with E-state index in [0.29, 0.717) is 31.1 Å². The molecule has 0 saturated carbocycles. The lowest BCUT2D eigenvalue weighted by Gasteiger charge is -2.23. The summed E-state index contributed by atoms with van der Waals surface area (Å²) in [5, 5.41) is 11.4. The van der Waals surface area contributed by atoms with Crippen molar-refractivity contribution in [1.82, 2.24) is 25.2 Å². The van der Waals surface area contributed by atoms with Gasteiger partial charge < -0.3 is 5.32 Å². The molecule has 0 aliphatic carbocycles. The van der Waals surface area contributed by atoms with Crippen LogP contribution in [0.5, 0.6) is 0 Å². The van der Waals surface area contributed by atoms with Crippen LogP contribution in [0, 0.1) is 0 Å². The summed E-state index contributed by atoms with van der Waals surface area (Å²) in [6.45, 7) is 5.27. The van der Waals surface area contributed by atoms with Crippen LogP contribution in [0.15, 0.2) is 30.5 Å². The molecule has 0 bridgehead atoms. The van der Waals surface area contributed by atoms with Crippen LogP contribution in [0.4, 0.5) is 4.39 Å². The summed E-state index contributed by atoms with van der Waals surface area (Å²) in [6, 6.07) is 7.62. The van der Waals surface area contributed by atoms with Crippen molar-refractivity contribution >= 4 is 17.5 Å². The molecule has 140 valence electrons. The van der Waals surface area contributed by atoms with Gasteiger partial charge in [-0.3, -0.25) is 14.4 Å². The van der Waals surface area contributed by atoms with E-state index in [4.69, 9.17) is 11.6 Å². The van der Waals surface area contributed by atoms with Gasteiger partial charge in [0, 0.05) is 30.2 Å². The summed E-state index contributed by atoms with van der Waals surface area (Å²) in [5.74, 6) is -0.253. The van der Waals surface area contributed by atoms with Crippen LogP contribution in [0.25, 0.3) is 0 Å². The molecule has 3 rings (SSSR count). The van der Waals surface area contributed by atoms with Crippen molar-refractivity contribution < 1.29 is 9.18 Å². The molecule has 0 radical (unpaired) electrons. The van der Waals surface area contributed by atoms with Crippen LogP contribution in [0.1, 0.15) is 36.3 Å². The summed E-state index contributed by atoms with van der Waals surface area (Å²) in [7, 11) is 0. The van der Waals surface area contributed by atoms with Crippen molar-refractivity contribution in [1.29, 1.82) is 0 Å². The van der Waals surface area contributed by atoms with Gasteiger partial charge in [0.15, 0.2) is 5.69 Å². The number of likely N-dealkylation sites (tertiary alicyclic amines) is 1. The average Bonchev–Trinajstić information content (AvgIpc) is 3.14. The minimum absolute atomic E-state index is 0.00769. The maximum Gasteiger partial charge on any atom is 0.273 e. The van der Waals surface area contributed by atoms with Gasteiger partial charge in [0.05, 0.1) is 12.7 Å². The lowest BCUT2D eigenvalue weighted by Crippen LogP contribution is -2.33. The molecule has 1 aliphatic rings. The molecule has 1 aromatic carbocycles. The quantitative estimate of drug-likeness (QED) is 0.838. The van der Waals surface area contributed by atoms with E-state index < -0.39 is 6.17 Å². The normalized spacial score (nSPS) is 20.7. The van der Waals surface area contributed by atoms with Gasteiger partial charge in [-0.25, -0.2) is 4.39 Å². The first-order chi connectivity index (χ1) is 12.4. The first-order valence-electron chi connectivity index (χ1n) is 8.74. The Bertz CT molecular complexity index is 766. The Hall–Kier alpha value is -1.99. The molecule has 1 N–H and O–H groups in total. The minimum Gasteiger partial charge on any atom is -0.348 e. The fourth-order valence-corrected chi connectivity index (χ4v) is 3.43. The van der Waals surface area contributed by atoms with Gasteiger partial charge in [-0.15, -0.1) is 5.10 Å². The van der Waals surface area contributed by atoms with Gasteiger partial charge in [-0.05, 0) is 38.0 Å². The minimum atomic E-state index is -0.869. The average molecular weight is 380 g/mol. The number of carbonyl (C=O) groups excluding carboxylic acids is 1. The summed E-state index contributed by atoms with van der Waals surface area (Å²) in [6.07, 6.45) is 1.18. The Morgan fingerprint density at radius 2 is 2.27 bits per heavy atom. The SMILES string of the molecule is CC(C)NC(=O)c1cn(C[C@@H]2C[C@H](F)CN2Cc2cccc(Cl)c2)nn1. The molecule has 2 heterocycles. The van der Waals surface area contributed by atoms with Gasteiger partial charge in [-0.2, -0.15) is 0 Å². The molecule has 2 atom stereocenters. The van der Waals surface area contributed by atoms with E-state index in [0.717, 1.165) is 5.56 Å². The zero-order chi connectivity index (χ0) is 18.7. The molecule has 1 amide bonds. The zero-order valence-electron chi connectivity index (χ0n) is 14.9. The molecule has 2 aromatic rings. The molecule has 8 heteroatoms. The van der Waals surface area contributed by atoms with E-state index in [1.54, 1.807) is 10.9 Å². The van der Waals surface area contributed by atoms with Crippen molar-refractivity contribution in [2.45, 2.75) is 51.6 Å². The molecule has 6 nitrogen and oxygen atoms in total. The Labute approximate surface area is 157 Å². The number of alkyl halides is 1. The fourth-order valence-electron chi connectivity index (χ4n) is 3.22. The Balaban J connectivity index is 1.66. The highest BCUT2D eigenvalue weighted by Gasteiger charge is 2.32. The Kier molecular flexibility index (Phi) is 5.88. The molecule has 1 fully saturated rings. The number of hydrogen-bond acceptors (Lipinski definition) is 4. The number of halogens is 2. The number of rotatable bonds is 6. The van der Waals surface area contributed by atoms with Crippen LogP contribution in [-0.2, 0) is 13.1 Å². The predicted octanol–water partition coefficient (Wildman–Crippen LogP) is 2.68. The molecule has 0 unspecified atom stereocenters. The summed E-state index contributed by atoms with van der Waals surface area (Å²) >= 11 is 6.04. The number of carbonyl (C=O) groups is 1. The highest BCUT2D eigenvalue weighted by Crippen LogP contribution is 2.24. The Morgan fingerprint density at radius 1 is 1.46 bits per heavy atom. The second kappa shape index (κ2) is 8.14. The maximum atomic E-state index is 14.0. The lowest BCUT2D eigenvalue weighted by molar-refractivity contribution is 0.0938. The first-order valence-corrected chi connectivity index (χ1v) is 9.12. The number of aromatic nitrogens is 3. The van der Waals surface area contributed by atoms with E-state index >= 15 is 0 Å². The van der Waals surface area contributed by atoms with Crippen LogP contribution in [-0.4, -0.2) is 50.6 Å². The summed E-state index contributed by atoms with van der Waals surface area (Å²) < 4.78 is 15.6. The number of hydrogen-bond donors (Lipinski definition) is 1. The van der Waals surface area contributed by atoms with Gasteiger partial charge in [0.1, 0.15) is 6.17 Å². The molecule has 0 spiro atoms. The van der Waals surface area contributed by atoms with Crippen molar-refractivity contribution in [3.63, 3.8) is 0 Å². The predicted molar refractivity (Wildman–Crippen MR) is 97.8 cm³/mol. The first kappa shape index (κ1) is 18.8. The van der Waals surface area contributed by atoms with Crippen molar-refractivity contribution in [3.8, 4) is 0 Å². The molecular weight excluding hydrogens is 357 g/mol. The van der Waals surface area contributed by atoms with E-state index in [1.165, 1.54) is 0 Å². The number of amides is 1. The van der Waals surface area contributed by atoms with Gasteiger partial charge in [0.2, 0.25) is 0 Å². The second-order valence-electron chi connectivity index (χ2n) is 7.00. The van der Waals surface area contributed by atoms with E-state index in [2.05, 4.69) is 20.5 Å². The lowest BCUT2D eigenvalue weighted by atomic mass is 10.1. The fraction of sp³-hybridized carbons (Fsp3) is 0.500. The number of nitrogens with zero attached hydrogens (tertiary/aromatic N) is 4. The molecule has 1 aliphatic heterocycles. The summed E-state index contributed by atoms with van der Waals surface area (Å²) in [5.41, 5.74) is 1.32. The molecule has 1 saturated heterocycles. The maximum absolute atomic E-state index is 14.0. The van der Waals surface area contributed by atoms with Gasteiger partial charge in [0.25, 0.3) is 5.91 Å². The van der Waals surface area contributed by atoms with Crippen molar-refractivity contribution in [3.05, 3.63) is 46.7 Å². The van der Waals surface area contributed by atoms with Gasteiger partial charge >= 0.3 is 0 Å². The third-order valence-electron chi connectivity index (χ3n) is 4.34. The zero-order valence-corrected chi connectivity index (χ0v) is 15.7. The van der Waals surface area contributed by atoms with Crippen LogP contribution in [0.2, 0.25) is 5.02 Å². The van der Waals surface area contributed by atoms with E-state index in [-0.39, 0.29) is 23.7 Å². The topological polar surface area (TPSA) is 63.1 Å². The molecular formula is C18H23ClFN5O. The smallest absolute Gasteiger partial charge is 0.273 e. The van der Waals surface area contributed by atoms with Crippen molar-refractivity contribution in [2.75, 3.05) is 6.54 Å². The largest absolute Gasteiger partial charge is 0.348 e. The monoisotopic (exact) mass is 379 g/mol. The van der Waals surface area contributed by atoms with E-state index in [9.17, 15) is 9.18 Å². The summed E-state index contributed by atoms with van der Waals surface area (Å²) in [4.78, 5) is 14.1. The third kappa shape index (κ3) is 4.80. The van der Waals surface area contributed by atoms with Crippen LogP contribution < -0.4 is 5.32 Å².